The first-order valence-electron chi connectivity index (χ1n) is 6.90. The second-order valence-corrected chi connectivity index (χ2v) is 6.80. The Hall–Kier alpha value is -0.950. The fourth-order valence-corrected chi connectivity index (χ4v) is 3.51. The van der Waals surface area contributed by atoms with Crippen LogP contribution in [0.4, 0.5) is 0 Å². The molecule has 1 heterocycles. The van der Waals surface area contributed by atoms with E-state index in [0.29, 0.717) is 18.1 Å². The predicted octanol–water partition coefficient (Wildman–Crippen LogP) is 1.42. The molecular formula is C14H22N2O3S. The van der Waals surface area contributed by atoms with Gasteiger partial charge in [-0.05, 0) is 44.5 Å². The monoisotopic (exact) mass is 298 g/mol. The Balaban J connectivity index is 2.08. The largest absolute Gasteiger partial charge is 0.381 e. The standard InChI is InChI=1S/C14H22N2O3S/c1-11(15-2)12-3-5-14(6-4-12)20(17,18)16-13-7-9-19-10-8-13/h3-6,11,13,15-16H,7-10H2,1-2H3. The molecule has 2 rings (SSSR count). The summed E-state index contributed by atoms with van der Waals surface area (Å²) in [6.45, 7) is 3.27. The van der Waals surface area contributed by atoms with Crippen LogP contribution in [-0.2, 0) is 14.8 Å². The van der Waals surface area contributed by atoms with Gasteiger partial charge in [0.05, 0.1) is 4.90 Å². The molecule has 0 aliphatic carbocycles. The molecule has 1 aromatic rings. The van der Waals surface area contributed by atoms with E-state index in [1.54, 1.807) is 12.1 Å². The van der Waals surface area contributed by atoms with Crippen LogP contribution in [0.25, 0.3) is 0 Å². The van der Waals surface area contributed by atoms with E-state index in [2.05, 4.69) is 10.0 Å². The molecule has 2 N–H and O–H groups in total. The minimum absolute atomic E-state index is 0.0235. The van der Waals surface area contributed by atoms with Crippen LogP contribution in [0, 0.1) is 0 Å². The Kier molecular flexibility index (Phi) is 5.15. The summed E-state index contributed by atoms with van der Waals surface area (Å²) in [6, 6.07) is 7.19. The maximum absolute atomic E-state index is 12.3. The van der Waals surface area contributed by atoms with Crippen molar-refractivity contribution in [2.75, 3.05) is 20.3 Å². The molecule has 1 saturated heterocycles. The van der Waals surface area contributed by atoms with Crippen LogP contribution in [0.15, 0.2) is 29.2 Å². The van der Waals surface area contributed by atoms with Crippen molar-refractivity contribution in [3.8, 4) is 0 Å². The molecule has 1 fully saturated rings. The summed E-state index contributed by atoms with van der Waals surface area (Å²) < 4.78 is 32.6. The Morgan fingerprint density at radius 1 is 1.20 bits per heavy atom. The molecule has 0 saturated carbocycles. The number of nitrogens with one attached hydrogen (secondary N) is 2. The van der Waals surface area contributed by atoms with Gasteiger partial charge >= 0.3 is 0 Å². The van der Waals surface area contributed by atoms with Gasteiger partial charge in [-0.25, -0.2) is 13.1 Å². The average Bonchev–Trinajstić information content (AvgIpc) is 2.47. The lowest BCUT2D eigenvalue weighted by atomic mass is 10.1. The van der Waals surface area contributed by atoms with E-state index in [1.807, 2.05) is 26.1 Å². The summed E-state index contributed by atoms with van der Waals surface area (Å²) >= 11 is 0. The van der Waals surface area contributed by atoms with Crippen molar-refractivity contribution in [3.05, 3.63) is 29.8 Å². The molecule has 1 aliphatic rings. The molecule has 112 valence electrons. The fourth-order valence-electron chi connectivity index (χ4n) is 2.21. The number of sulfonamides is 1. The Morgan fingerprint density at radius 2 is 1.80 bits per heavy atom. The van der Waals surface area contributed by atoms with E-state index >= 15 is 0 Å². The maximum atomic E-state index is 12.3. The topological polar surface area (TPSA) is 67.4 Å². The molecule has 0 radical (unpaired) electrons. The average molecular weight is 298 g/mol. The first kappa shape index (κ1) is 15.4. The van der Waals surface area contributed by atoms with Crippen LogP contribution in [0.2, 0.25) is 0 Å². The van der Waals surface area contributed by atoms with E-state index in [-0.39, 0.29) is 12.1 Å². The second kappa shape index (κ2) is 6.67. The summed E-state index contributed by atoms with van der Waals surface area (Å²) in [5, 5.41) is 3.13. The Labute approximate surface area is 120 Å². The number of hydrogen-bond donors (Lipinski definition) is 2. The summed E-state index contributed by atoms with van der Waals surface area (Å²) in [6.07, 6.45) is 1.46. The number of ether oxygens (including phenoxy) is 1. The van der Waals surface area contributed by atoms with Crippen LogP contribution in [-0.4, -0.2) is 34.7 Å². The van der Waals surface area contributed by atoms with Gasteiger partial charge in [0.25, 0.3) is 0 Å². The van der Waals surface area contributed by atoms with Gasteiger partial charge in [-0.15, -0.1) is 0 Å². The summed E-state index contributed by atoms with van der Waals surface area (Å²) in [5.74, 6) is 0. The molecule has 0 amide bonds. The van der Waals surface area contributed by atoms with E-state index in [9.17, 15) is 8.42 Å². The maximum Gasteiger partial charge on any atom is 0.240 e. The van der Waals surface area contributed by atoms with Crippen molar-refractivity contribution < 1.29 is 13.2 Å². The van der Waals surface area contributed by atoms with Gasteiger partial charge in [0.1, 0.15) is 0 Å². The molecule has 20 heavy (non-hydrogen) atoms. The zero-order valence-electron chi connectivity index (χ0n) is 11.9. The summed E-state index contributed by atoms with van der Waals surface area (Å²) in [5.41, 5.74) is 1.07. The van der Waals surface area contributed by atoms with Crippen molar-refractivity contribution in [1.29, 1.82) is 0 Å². The lowest BCUT2D eigenvalue weighted by Crippen LogP contribution is -2.38. The van der Waals surface area contributed by atoms with Crippen LogP contribution in [0.5, 0.6) is 0 Å². The van der Waals surface area contributed by atoms with Gasteiger partial charge in [0.2, 0.25) is 10.0 Å². The number of rotatable bonds is 5. The zero-order chi connectivity index (χ0) is 14.6. The SMILES string of the molecule is CNC(C)c1ccc(S(=O)(=O)NC2CCOCC2)cc1. The third-order valence-corrected chi connectivity index (χ3v) is 5.20. The minimum Gasteiger partial charge on any atom is -0.381 e. The molecular weight excluding hydrogens is 276 g/mol. The highest BCUT2D eigenvalue weighted by atomic mass is 32.2. The van der Waals surface area contributed by atoms with Crippen molar-refractivity contribution in [3.63, 3.8) is 0 Å². The van der Waals surface area contributed by atoms with Crippen molar-refractivity contribution in [2.24, 2.45) is 0 Å². The normalized spacial score (nSPS) is 18.9. The first-order valence-corrected chi connectivity index (χ1v) is 8.38. The van der Waals surface area contributed by atoms with Gasteiger partial charge in [0, 0.05) is 25.3 Å². The Morgan fingerprint density at radius 3 is 2.35 bits per heavy atom. The van der Waals surface area contributed by atoms with Gasteiger partial charge in [0.15, 0.2) is 0 Å². The van der Waals surface area contributed by atoms with Crippen LogP contribution in [0.3, 0.4) is 0 Å². The van der Waals surface area contributed by atoms with Gasteiger partial charge in [-0.3, -0.25) is 0 Å². The molecule has 1 unspecified atom stereocenters. The van der Waals surface area contributed by atoms with E-state index < -0.39 is 10.0 Å². The summed E-state index contributed by atoms with van der Waals surface area (Å²) in [7, 11) is -1.56. The lowest BCUT2D eigenvalue weighted by molar-refractivity contribution is 0.0832. The third kappa shape index (κ3) is 3.79. The summed E-state index contributed by atoms with van der Waals surface area (Å²) in [4.78, 5) is 0.316. The molecule has 0 bridgehead atoms. The van der Waals surface area contributed by atoms with Gasteiger partial charge in [-0.1, -0.05) is 12.1 Å². The first-order chi connectivity index (χ1) is 9.53. The van der Waals surface area contributed by atoms with Crippen molar-refractivity contribution >= 4 is 10.0 Å². The quantitative estimate of drug-likeness (QED) is 0.863. The van der Waals surface area contributed by atoms with Crippen LogP contribution >= 0.6 is 0 Å². The highest BCUT2D eigenvalue weighted by Crippen LogP contribution is 2.17. The molecule has 1 aliphatic heterocycles. The predicted molar refractivity (Wildman–Crippen MR) is 78.1 cm³/mol. The molecule has 1 aromatic carbocycles. The number of hydrogen-bond acceptors (Lipinski definition) is 4. The minimum atomic E-state index is -3.44. The van der Waals surface area contributed by atoms with Gasteiger partial charge in [-0.2, -0.15) is 0 Å². The fraction of sp³-hybridized carbons (Fsp3) is 0.571. The number of benzene rings is 1. The smallest absolute Gasteiger partial charge is 0.240 e. The van der Waals surface area contributed by atoms with Gasteiger partial charge < -0.3 is 10.1 Å². The molecule has 0 spiro atoms. The molecule has 1 atom stereocenters. The highest BCUT2D eigenvalue weighted by Gasteiger charge is 2.22. The Bertz CT molecular complexity index is 522. The van der Waals surface area contributed by atoms with Crippen molar-refractivity contribution in [2.45, 2.75) is 36.7 Å². The van der Waals surface area contributed by atoms with E-state index in [4.69, 9.17) is 4.74 Å². The molecule has 6 heteroatoms. The molecule has 5 nitrogen and oxygen atoms in total. The zero-order valence-corrected chi connectivity index (χ0v) is 12.7. The third-order valence-electron chi connectivity index (χ3n) is 3.67. The highest BCUT2D eigenvalue weighted by molar-refractivity contribution is 7.89. The van der Waals surface area contributed by atoms with E-state index in [1.165, 1.54) is 0 Å². The molecule has 0 aromatic heterocycles. The van der Waals surface area contributed by atoms with Crippen LogP contribution in [0.1, 0.15) is 31.4 Å². The lowest BCUT2D eigenvalue weighted by Gasteiger charge is -2.23. The second-order valence-electron chi connectivity index (χ2n) is 5.09. The van der Waals surface area contributed by atoms with Crippen LogP contribution < -0.4 is 10.0 Å². The van der Waals surface area contributed by atoms with Crippen molar-refractivity contribution in [1.82, 2.24) is 10.0 Å². The van der Waals surface area contributed by atoms with E-state index in [0.717, 1.165) is 18.4 Å².